The van der Waals surface area contributed by atoms with Gasteiger partial charge in [0.1, 0.15) is 12.7 Å². The Hall–Kier alpha value is -6.01. The lowest BCUT2D eigenvalue weighted by Crippen LogP contribution is -2.39. The van der Waals surface area contributed by atoms with Crippen LogP contribution in [0.25, 0.3) is 0 Å². The first-order chi connectivity index (χ1) is 21.3. The van der Waals surface area contributed by atoms with Gasteiger partial charge in [-0.05, 0) is 19.1 Å². The summed E-state index contributed by atoms with van der Waals surface area (Å²) in [6, 6.07) is 8.30. The molecule has 0 amide bonds. The number of benzene rings is 1. The van der Waals surface area contributed by atoms with Crippen LogP contribution in [0.1, 0.15) is 23.7 Å². The first-order valence-electron chi connectivity index (χ1n) is 11.5. The number of aliphatic carboxylic acids is 8. The number of aliphatic hydroxyl groups is 5. The van der Waals surface area contributed by atoms with Gasteiger partial charge < -0.3 is 71.5 Å². The van der Waals surface area contributed by atoms with Gasteiger partial charge in [-0.1, -0.05) is 18.2 Å². The van der Waals surface area contributed by atoms with Crippen molar-refractivity contribution in [3.8, 4) is 0 Å². The molecule has 0 aliphatic heterocycles. The Morgan fingerprint density at radius 2 is 0.894 bits per heavy atom. The van der Waals surface area contributed by atoms with Crippen LogP contribution < -0.4 is 0 Å². The van der Waals surface area contributed by atoms with Gasteiger partial charge in [-0.25, -0.2) is 38.4 Å². The Kier molecular flexibility index (Phi) is 32.3. The van der Waals surface area contributed by atoms with Crippen molar-refractivity contribution in [3.05, 3.63) is 48.0 Å². The Balaban J connectivity index is -0.000000152. The zero-order chi connectivity index (χ0) is 38.4. The monoisotopic (exact) mass is 688 g/mol. The van der Waals surface area contributed by atoms with Gasteiger partial charge in [-0.15, -0.1) is 0 Å². The smallest absolute Gasteiger partial charge is 0.335 e. The van der Waals surface area contributed by atoms with E-state index in [0.29, 0.717) is 17.7 Å². The summed E-state index contributed by atoms with van der Waals surface area (Å²) in [5, 5.41) is 111. The topological polar surface area (TPSA) is 437 Å². The highest BCUT2D eigenvalue weighted by Crippen LogP contribution is 1.96. The lowest BCUT2D eigenvalue weighted by molar-refractivity contribution is -0.165. The van der Waals surface area contributed by atoms with Crippen LogP contribution in [0.4, 0.5) is 0 Å². The number of aliphatic hydroxyl groups excluding tert-OH is 5. The minimum Gasteiger partial charge on any atom is -0.481 e. The largest absolute Gasteiger partial charge is 0.481 e. The first kappa shape index (κ1) is 50.6. The van der Waals surface area contributed by atoms with Gasteiger partial charge in [0, 0.05) is 12.2 Å². The van der Waals surface area contributed by atoms with E-state index in [-0.39, 0.29) is 0 Å². The molecular formula is C24H32O23. The van der Waals surface area contributed by atoms with E-state index in [0.717, 1.165) is 0 Å². The second-order valence-corrected chi connectivity index (χ2v) is 7.27. The molecule has 14 N–H and O–H groups in total. The minimum absolute atomic E-state index is 0.331. The lowest BCUT2D eigenvalue weighted by Gasteiger charge is -2.07. The highest BCUT2D eigenvalue weighted by Gasteiger charge is 2.29. The molecule has 0 radical (unpaired) electrons. The first-order valence-corrected chi connectivity index (χ1v) is 11.5. The summed E-state index contributed by atoms with van der Waals surface area (Å²) in [6.07, 6.45) is -7.19. The molecule has 4 unspecified atom stereocenters. The summed E-state index contributed by atoms with van der Waals surface area (Å²) in [7, 11) is 0. The van der Waals surface area contributed by atoms with Gasteiger partial charge in [-0.3, -0.25) is 4.79 Å². The molecule has 0 saturated carbocycles. The summed E-state index contributed by atoms with van der Waals surface area (Å²) < 4.78 is 0. The molecule has 0 spiro atoms. The molecule has 0 aromatic heterocycles. The molecule has 0 saturated heterocycles. The van der Waals surface area contributed by atoms with Crippen LogP contribution in [0.3, 0.4) is 0 Å². The fraction of sp³-hybridized carbons (Fsp3) is 0.292. The number of hydrogen-bond acceptors (Lipinski definition) is 14. The summed E-state index contributed by atoms with van der Waals surface area (Å²) in [5.41, 5.74) is 0.331. The number of hydrogen-bond donors (Lipinski definition) is 14. The van der Waals surface area contributed by atoms with Crippen LogP contribution in [0.2, 0.25) is 0 Å². The summed E-state index contributed by atoms with van der Waals surface area (Å²) in [6.45, 7) is 0.419. The van der Waals surface area contributed by atoms with Gasteiger partial charge in [0.2, 0.25) is 0 Å². The van der Waals surface area contributed by atoms with E-state index in [2.05, 4.69) is 0 Å². The standard InChI is InChI=1S/C7H6O2.C4H6O6.C4H6O5.C4H4O4.C3H6O3.C2H4O3/c8-7(9)6-4-2-1-3-5-6;5-1(3(7)8)2(6)4(9)10;5-2(4(8)9)1-3(6)7;5-3(6)1-2-4(7)8;1-2(4)3(5)6;3-1-2(4)5/h1-5H,(H,8,9);1-2,5-6H,(H,7,8)(H,9,10);2,5H,1H2,(H,6,7)(H,8,9);1-2H,(H,5,6)(H,7,8);2,4H,1H3,(H,5,6);3H,1H2,(H,4,5)/b;;;2-1-;;. The molecule has 0 aliphatic carbocycles. The van der Waals surface area contributed by atoms with Crippen LogP contribution >= 0.6 is 0 Å². The third kappa shape index (κ3) is 42.2. The molecule has 23 nitrogen and oxygen atoms in total. The maximum absolute atomic E-state index is 10.2. The predicted molar refractivity (Wildman–Crippen MR) is 145 cm³/mol. The minimum atomic E-state index is -2.27. The molecule has 0 aliphatic rings. The van der Waals surface area contributed by atoms with E-state index in [4.69, 9.17) is 76.3 Å². The summed E-state index contributed by atoms with van der Waals surface area (Å²) in [4.78, 5) is 86.8. The Bertz CT molecular complexity index is 1140. The van der Waals surface area contributed by atoms with Crippen molar-refractivity contribution in [2.75, 3.05) is 6.61 Å². The third-order valence-electron chi connectivity index (χ3n) is 3.34. The third-order valence-corrected chi connectivity index (χ3v) is 3.34. The van der Waals surface area contributed by atoms with Gasteiger partial charge in [0.25, 0.3) is 0 Å². The van der Waals surface area contributed by atoms with E-state index < -0.39 is 91.2 Å². The zero-order valence-corrected chi connectivity index (χ0v) is 23.7. The normalized spacial score (nSPS) is 11.6. The van der Waals surface area contributed by atoms with Crippen molar-refractivity contribution in [2.24, 2.45) is 0 Å². The fourth-order valence-electron chi connectivity index (χ4n) is 1.25. The highest BCUT2D eigenvalue weighted by atomic mass is 16.4. The molecular weight excluding hydrogens is 656 g/mol. The molecule has 1 aromatic carbocycles. The number of rotatable bonds is 11. The van der Waals surface area contributed by atoms with Crippen molar-refractivity contribution in [1.82, 2.24) is 0 Å². The Labute approximate surface area is 261 Å². The Morgan fingerprint density at radius 1 is 0.574 bits per heavy atom. The molecule has 266 valence electrons. The van der Waals surface area contributed by atoms with Crippen molar-refractivity contribution < 1.29 is 115 Å². The van der Waals surface area contributed by atoms with E-state index in [9.17, 15) is 38.4 Å². The van der Waals surface area contributed by atoms with Gasteiger partial charge in [-0.2, -0.15) is 0 Å². The Morgan fingerprint density at radius 3 is 1.02 bits per heavy atom. The summed E-state index contributed by atoms with van der Waals surface area (Å²) >= 11 is 0. The number of carboxylic acid groups (broad SMARTS) is 9. The maximum atomic E-state index is 10.2. The van der Waals surface area contributed by atoms with Gasteiger partial charge in [0.15, 0.2) is 18.3 Å². The molecule has 1 aromatic rings. The second kappa shape index (κ2) is 30.0. The second-order valence-electron chi connectivity index (χ2n) is 7.27. The van der Waals surface area contributed by atoms with Crippen molar-refractivity contribution in [2.45, 2.75) is 37.8 Å². The molecule has 0 bridgehead atoms. The van der Waals surface area contributed by atoms with Crippen molar-refractivity contribution in [3.63, 3.8) is 0 Å². The molecule has 0 heterocycles. The highest BCUT2D eigenvalue weighted by molar-refractivity contribution is 5.89. The van der Waals surface area contributed by atoms with Gasteiger partial charge in [0.05, 0.1) is 12.0 Å². The van der Waals surface area contributed by atoms with Crippen LogP contribution in [0.15, 0.2) is 42.5 Å². The van der Waals surface area contributed by atoms with E-state index in [1.807, 2.05) is 0 Å². The quantitative estimate of drug-likeness (QED) is 0.0998. The molecule has 23 heteroatoms. The van der Waals surface area contributed by atoms with E-state index in [1.165, 1.54) is 6.92 Å². The average molecular weight is 688 g/mol. The van der Waals surface area contributed by atoms with Crippen LogP contribution in [0.5, 0.6) is 0 Å². The van der Waals surface area contributed by atoms with Crippen molar-refractivity contribution in [1.29, 1.82) is 0 Å². The van der Waals surface area contributed by atoms with Crippen molar-refractivity contribution >= 4 is 53.7 Å². The molecule has 47 heavy (non-hydrogen) atoms. The maximum Gasteiger partial charge on any atom is 0.335 e. The van der Waals surface area contributed by atoms with Crippen LogP contribution in [-0.2, 0) is 38.4 Å². The number of carbonyl (C=O) groups is 9. The van der Waals surface area contributed by atoms with Crippen LogP contribution in [0, 0.1) is 0 Å². The van der Waals surface area contributed by atoms with E-state index >= 15 is 0 Å². The fourth-order valence-corrected chi connectivity index (χ4v) is 1.25. The molecule has 4 atom stereocenters. The number of aromatic carboxylic acids is 1. The summed E-state index contributed by atoms with van der Waals surface area (Å²) in [5.74, 6) is -12.2. The number of carboxylic acids is 9. The van der Waals surface area contributed by atoms with Crippen LogP contribution in [-0.4, -0.2) is 156 Å². The average Bonchev–Trinajstić information content (AvgIpc) is 2.96. The zero-order valence-electron chi connectivity index (χ0n) is 23.7. The SMILES string of the molecule is CC(O)C(=O)O.O=C(O)/C=C\C(=O)O.O=C(O)C(O)C(O)C(=O)O.O=C(O)CC(O)C(=O)O.O=C(O)CO.O=C(O)c1ccccc1. The lowest BCUT2D eigenvalue weighted by atomic mass is 10.2. The van der Waals surface area contributed by atoms with Gasteiger partial charge >= 0.3 is 53.7 Å². The predicted octanol–water partition coefficient (Wildman–Crippen LogP) is -3.60. The molecule has 1 rings (SSSR count). The van der Waals surface area contributed by atoms with E-state index in [1.54, 1.807) is 30.3 Å². The molecule has 0 fully saturated rings.